The summed E-state index contributed by atoms with van der Waals surface area (Å²) in [6, 6.07) is 28.0. The zero-order chi connectivity index (χ0) is 29.1. The molecule has 0 aromatic heterocycles. The molecule has 2 atom stereocenters. The van der Waals surface area contributed by atoms with Gasteiger partial charge in [0.05, 0.1) is 23.1 Å². The maximum absolute atomic E-state index is 13.9. The normalized spacial score (nSPS) is 21.4. The van der Waals surface area contributed by atoms with Crippen LogP contribution in [0.2, 0.25) is 0 Å². The number of ether oxygens (including phenoxy) is 1. The average Bonchev–Trinajstić information content (AvgIpc) is 3.28. The van der Waals surface area contributed by atoms with Gasteiger partial charge in [-0.05, 0) is 77.6 Å². The lowest BCUT2D eigenvalue weighted by molar-refractivity contribution is -0.122. The van der Waals surface area contributed by atoms with Gasteiger partial charge in [0.15, 0.2) is 6.61 Å². The smallest absolute Gasteiger partial charge is 0.338 e. The number of amides is 3. The Morgan fingerprint density at radius 2 is 1.24 bits per heavy atom. The molecule has 2 bridgehead atoms. The highest BCUT2D eigenvalue weighted by atomic mass is 16.5. The van der Waals surface area contributed by atoms with Gasteiger partial charge in [-0.2, -0.15) is 0 Å². The summed E-state index contributed by atoms with van der Waals surface area (Å²) in [6.07, 6.45) is 0. The van der Waals surface area contributed by atoms with Crippen LogP contribution in [0, 0.1) is 25.7 Å². The lowest BCUT2D eigenvalue weighted by Crippen LogP contribution is -2.41. The molecular formula is C35H28N2O5. The highest BCUT2D eigenvalue weighted by Gasteiger charge is 2.61. The molecule has 4 aromatic rings. The standard InChI is InChI=1S/C35H28N2O5/c1-19-8-7-13-27(20(19)2)36-28(38)18-42-35(41)21-14-16-22(17-15-21)37-33(39)31-29-23-9-3-4-10-24(23)30(32(31)34(37)40)26-12-6-5-11-25(26)29/h3-17,29-32H,18H2,1-2H3,(H,36,38)/t29?,30?,31-,32-/m0/s1. The van der Waals surface area contributed by atoms with Crippen LogP contribution in [0.3, 0.4) is 0 Å². The molecule has 7 nitrogen and oxygen atoms in total. The van der Waals surface area contributed by atoms with Gasteiger partial charge < -0.3 is 10.1 Å². The van der Waals surface area contributed by atoms with Crippen LogP contribution in [0.4, 0.5) is 11.4 Å². The molecule has 4 aromatic carbocycles. The molecule has 4 aliphatic rings. The number of anilines is 2. The van der Waals surface area contributed by atoms with Crippen molar-refractivity contribution in [2.24, 2.45) is 11.8 Å². The van der Waals surface area contributed by atoms with Gasteiger partial charge in [-0.1, -0.05) is 60.7 Å². The summed E-state index contributed by atoms with van der Waals surface area (Å²) in [6.45, 7) is 3.42. The van der Waals surface area contributed by atoms with Crippen molar-refractivity contribution in [3.05, 3.63) is 130 Å². The van der Waals surface area contributed by atoms with Crippen molar-refractivity contribution in [3.8, 4) is 0 Å². The Morgan fingerprint density at radius 1 is 0.714 bits per heavy atom. The van der Waals surface area contributed by atoms with Crippen LogP contribution in [-0.2, 0) is 19.1 Å². The summed E-state index contributed by atoms with van der Waals surface area (Å²) in [7, 11) is 0. The van der Waals surface area contributed by atoms with Gasteiger partial charge in [0.25, 0.3) is 5.91 Å². The second-order valence-electron chi connectivity index (χ2n) is 11.2. The maximum Gasteiger partial charge on any atom is 0.338 e. The van der Waals surface area contributed by atoms with Crippen LogP contribution >= 0.6 is 0 Å². The molecule has 1 heterocycles. The highest BCUT2D eigenvalue weighted by molar-refractivity contribution is 6.23. The quantitative estimate of drug-likeness (QED) is 0.259. The van der Waals surface area contributed by atoms with Crippen LogP contribution in [-0.4, -0.2) is 30.3 Å². The molecular weight excluding hydrogens is 528 g/mol. The summed E-state index contributed by atoms with van der Waals surface area (Å²) in [5.74, 6) is -2.88. The Hall–Kier alpha value is -5.04. The first-order valence-electron chi connectivity index (χ1n) is 14.0. The van der Waals surface area contributed by atoms with E-state index < -0.39 is 30.3 Å². The maximum atomic E-state index is 13.9. The lowest BCUT2D eigenvalue weighted by atomic mass is 9.55. The van der Waals surface area contributed by atoms with Gasteiger partial charge in [-0.25, -0.2) is 9.69 Å². The predicted octanol–water partition coefficient (Wildman–Crippen LogP) is 5.50. The lowest BCUT2D eigenvalue weighted by Gasteiger charge is -2.45. The topological polar surface area (TPSA) is 92.8 Å². The third kappa shape index (κ3) is 3.88. The van der Waals surface area contributed by atoms with Gasteiger partial charge in [0.1, 0.15) is 0 Å². The minimum absolute atomic E-state index is 0.183. The number of nitrogens with zero attached hydrogens (tertiary/aromatic N) is 1. The van der Waals surface area contributed by atoms with Crippen LogP contribution in [0.5, 0.6) is 0 Å². The van der Waals surface area contributed by atoms with E-state index in [2.05, 4.69) is 29.6 Å². The van der Waals surface area contributed by atoms with Crippen LogP contribution in [0.15, 0.2) is 91.0 Å². The van der Waals surface area contributed by atoms with Gasteiger partial charge in [-0.3, -0.25) is 14.4 Å². The number of aryl methyl sites for hydroxylation is 1. The van der Waals surface area contributed by atoms with E-state index in [0.717, 1.165) is 33.4 Å². The zero-order valence-corrected chi connectivity index (χ0v) is 23.2. The van der Waals surface area contributed by atoms with Gasteiger partial charge >= 0.3 is 5.97 Å². The van der Waals surface area contributed by atoms with Crippen LogP contribution in [0.1, 0.15) is 55.6 Å². The number of benzene rings is 4. The Labute approximate surface area is 243 Å². The number of nitrogens with one attached hydrogen (secondary N) is 1. The molecule has 3 amide bonds. The Kier molecular flexibility index (Phi) is 6.04. The molecule has 8 rings (SSSR count). The molecule has 0 spiro atoms. The third-order valence-corrected chi connectivity index (χ3v) is 9.02. The molecule has 0 unspecified atom stereocenters. The molecule has 3 aliphatic carbocycles. The fraction of sp³-hybridized carbons (Fsp3) is 0.200. The van der Waals surface area contributed by atoms with Crippen molar-refractivity contribution in [1.82, 2.24) is 0 Å². The summed E-state index contributed by atoms with van der Waals surface area (Å²) >= 11 is 0. The van der Waals surface area contributed by atoms with E-state index in [1.54, 1.807) is 18.2 Å². The summed E-state index contributed by atoms with van der Waals surface area (Å²) in [5.41, 5.74) is 7.75. The number of rotatable bonds is 5. The molecule has 1 N–H and O–H groups in total. The second kappa shape index (κ2) is 9.80. The Morgan fingerprint density at radius 3 is 1.76 bits per heavy atom. The average molecular weight is 557 g/mol. The fourth-order valence-corrected chi connectivity index (χ4v) is 6.97. The van der Waals surface area contributed by atoms with Gasteiger partial charge in [0, 0.05) is 17.5 Å². The summed E-state index contributed by atoms with van der Waals surface area (Å²) < 4.78 is 5.23. The van der Waals surface area contributed by atoms with Crippen molar-refractivity contribution in [2.75, 3.05) is 16.8 Å². The number of carbonyl (C=O) groups excluding carboxylic acids is 4. The van der Waals surface area contributed by atoms with Crippen molar-refractivity contribution >= 4 is 35.1 Å². The molecule has 7 heteroatoms. The third-order valence-electron chi connectivity index (χ3n) is 9.02. The zero-order valence-electron chi connectivity index (χ0n) is 23.2. The SMILES string of the molecule is Cc1cccc(NC(=O)COC(=O)c2ccc(N3C(=O)[C@H]4C5c6ccccc6C(c6ccccc65)[C@@H]4C3=O)cc2)c1C. The van der Waals surface area contributed by atoms with E-state index in [9.17, 15) is 19.2 Å². The molecule has 0 saturated carbocycles. The van der Waals surface area contributed by atoms with E-state index in [4.69, 9.17) is 4.74 Å². The molecule has 1 aliphatic heterocycles. The second-order valence-corrected chi connectivity index (χ2v) is 11.2. The van der Waals surface area contributed by atoms with E-state index in [-0.39, 0.29) is 29.2 Å². The number of hydrogen-bond acceptors (Lipinski definition) is 5. The minimum Gasteiger partial charge on any atom is -0.452 e. The van der Waals surface area contributed by atoms with Crippen LogP contribution in [0.25, 0.3) is 0 Å². The molecule has 208 valence electrons. The monoisotopic (exact) mass is 556 g/mol. The van der Waals surface area contributed by atoms with Crippen molar-refractivity contribution in [2.45, 2.75) is 25.7 Å². The first kappa shape index (κ1) is 25.9. The number of esters is 1. The predicted molar refractivity (Wildman–Crippen MR) is 157 cm³/mol. The number of carbonyl (C=O) groups is 4. The van der Waals surface area contributed by atoms with Gasteiger partial charge in [0.2, 0.25) is 11.8 Å². The summed E-state index contributed by atoms with van der Waals surface area (Å²) in [5, 5.41) is 2.77. The molecule has 1 saturated heterocycles. The Balaban J connectivity index is 1.09. The molecule has 42 heavy (non-hydrogen) atoms. The van der Waals surface area contributed by atoms with Crippen molar-refractivity contribution < 1.29 is 23.9 Å². The largest absolute Gasteiger partial charge is 0.452 e. The number of imide groups is 1. The van der Waals surface area contributed by atoms with Crippen molar-refractivity contribution in [1.29, 1.82) is 0 Å². The fourth-order valence-electron chi connectivity index (χ4n) is 6.97. The van der Waals surface area contributed by atoms with E-state index in [1.165, 1.54) is 17.0 Å². The minimum atomic E-state index is -0.672. The molecule has 0 radical (unpaired) electrons. The van der Waals surface area contributed by atoms with Crippen LogP contribution < -0.4 is 10.2 Å². The first-order valence-corrected chi connectivity index (χ1v) is 14.0. The summed E-state index contributed by atoms with van der Waals surface area (Å²) in [4.78, 5) is 54.2. The number of hydrogen-bond donors (Lipinski definition) is 1. The van der Waals surface area contributed by atoms with E-state index >= 15 is 0 Å². The Bertz CT molecular complexity index is 1680. The van der Waals surface area contributed by atoms with Crippen molar-refractivity contribution in [3.63, 3.8) is 0 Å². The highest BCUT2D eigenvalue weighted by Crippen LogP contribution is 2.61. The van der Waals surface area contributed by atoms with E-state index in [0.29, 0.717) is 11.4 Å². The molecule has 1 fully saturated rings. The van der Waals surface area contributed by atoms with Gasteiger partial charge in [-0.15, -0.1) is 0 Å². The first-order chi connectivity index (χ1) is 20.3. The van der Waals surface area contributed by atoms with E-state index in [1.807, 2.05) is 50.2 Å².